The summed E-state index contributed by atoms with van der Waals surface area (Å²) in [5.41, 5.74) is 0.965. The van der Waals surface area contributed by atoms with Crippen LogP contribution in [0.2, 0.25) is 5.02 Å². The molecule has 5 heteroatoms. The van der Waals surface area contributed by atoms with Crippen molar-refractivity contribution in [3.05, 3.63) is 65.2 Å². The van der Waals surface area contributed by atoms with Gasteiger partial charge in [-0.25, -0.2) is 0 Å². The lowest BCUT2D eigenvalue weighted by Gasteiger charge is -2.09. The standard InChI is InChI=1S/C9H11ClO3.C7H8O/c10-7-1-3-9(4-2-7)13-6-8(12)5-11;8-6-7-4-2-1-3-5-7/h1-4,8,11-12H,5-6H2;1-5,8H,6H2. The second-order valence-corrected chi connectivity index (χ2v) is 4.68. The van der Waals surface area contributed by atoms with Gasteiger partial charge in [0.25, 0.3) is 0 Å². The first-order chi connectivity index (χ1) is 10.2. The van der Waals surface area contributed by atoms with Crippen LogP contribution in [-0.2, 0) is 6.61 Å². The maximum Gasteiger partial charge on any atom is 0.119 e. The minimum atomic E-state index is -0.837. The maximum absolute atomic E-state index is 8.97. The van der Waals surface area contributed by atoms with Gasteiger partial charge >= 0.3 is 0 Å². The van der Waals surface area contributed by atoms with Crippen LogP contribution in [0.5, 0.6) is 5.75 Å². The fourth-order valence-corrected chi connectivity index (χ4v) is 1.49. The van der Waals surface area contributed by atoms with Crippen LogP contribution in [0, 0.1) is 0 Å². The molecule has 0 saturated carbocycles. The van der Waals surface area contributed by atoms with Crippen molar-refractivity contribution in [2.45, 2.75) is 12.7 Å². The van der Waals surface area contributed by atoms with E-state index in [0.29, 0.717) is 10.8 Å². The summed E-state index contributed by atoms with van der Waals surface area (Å²) in [7, 11) is 0. The third-order valence-electron chi connectivity index (χ3n) is 2.49. The van der Waals surface area contributed by atoms with E-state index in [1.165, 1.54) is 0 Å². The number of aliphatic hydroxyl groups excluding tert-OH is 3. The predicted molar refractivity (Wildman–Crippen MR) is 82.4 cm³/mol. The molecule has 0 radical (unpaired) electrons. The van der Waals surface area contributed by atoms with Crippen LogP contribution in [0.4, 0.5) is 0 Å². The summed E-state index contributed by atoms with van der Waals surface area (Å²) in [5, 5.41) is 26.7. The monoisotopic (exact) mass is 310 g/mol. The SMILES string of the molecule is OCC(O)COc1ccc(Cl)cc1.OCc1ccccc1. The molecule has 21 heavy (non-hydrogen) atoms. The molecule has 1 atom stereocenters. The third kappa shape index (κ3) is 7.68. The van der Waals surface area contributed by atoms with E-state index in [1.54, 1.807) is 24.3 Å². The summed E-state index contributed by atoms with van der Waals surface area (Å²) >= 11 is 5.66. The van der Waals surface area contributed by atoms with E-state index in [0.717, 1.165) is 5.56 Å². The van der Waals surface area contributed by atoms with Crippen molar-refractivity contribution >= 4 is 11.6 Å². The zero-order valence-corrected chi connectivity index (χ0v) is 12.3. The van der Waals surface area contributed by atoms with E-state index in [9.17, 15) is 0 Å². The first kappa shape index (κ1) is 17.5. The molecule has 2 aromatic rings. The van der Waals surface area contributed by atoms with Gasteiger partial charge in [-0.3, -0.25) is 0 Å². The molecule has 0 fully saturated rings. The Morgan fingerprint density at radius 1 is 0.952 bits per heavy atom. The van der Waals surface area contributed by atoms with Gasteiger partial charge in [-0.15, -0.1) is 0 Å². The Bertz CT molecular complexity index is 487. The summed E-state index contributed by atoms with van der Waals surface area (Å²) < 4.78 is 5.15. The molecule has 0 aliphatic rings. The van der Waals surface area contributed by atoms with Gasteiger partial charge in [-0.1, -0.05) is 41.9 Å². The van der Waals surface area contributed by atoms with Crippen molar-refractivity contribution in [1.82, 2.24) is 0 Å². The van der Waals surface area contributed by atoms with Crippen LogP contribution < -0.4 is 4.74 Å². The highest BCUT2D eigenvalue weighted by molar-refractivity contribution is 6.30. The Balaban J connectivity index is 0.000000235. The van der Waals surface area contributed by atoms with Crippen molar-refractivity contribution < 1.29 is 20.1 Å². The summed E-state index contributed by atoms with van der Waals surface area (Å²) in [5.74, 6) is 0.622. The first-order valence-electron chi connectivity index (χ1n) is 6.47. The second-order valence-electron chi connectivity index (χ2n) is 4.25. The minimum absolute atomic E-state index is 0.0815. The molecule has 3 N–H and O–H groups in total. The van der Waals surface area contributed by atoms with Crippen molar-refractivity contribution in [3.8, 4) is 5.75 Å². The minimum Gasteiger partial charge on any atom is -0.491 e. The summed E-state index contributed by atoms with van der Waals surface area (Å²) in [6.07, 6.45) is -0.837. The number of ether oxygens (including phenoxy) is 1. The Kier molecular flexibility index (Phi) is 8.47. The summed E-state index contributed by atoms with van der Waals surface area (Å²) in [4.78, 5) is 0. The third-order valence-corrected chi connectivity index (χ3v) is 2.74. The van der Waals surface area contributed by atoms with Crippen molar-refractivity contribution in [3.63, 3.8) is 0 Å². The van der Waals surface area contributed by atoms with Gasteiger partial charge < -0.3 is 20.1 Å². The fourth-order valence-electron chi connectivity index (χ4n) is 1.36. The molecule has 4 nitrogen and oxygen atoms in total. The molecular formula is C16H19ClO4. The number of aliphatic hydroxyl groups is 3. The Morgan fingerprint density at radius 2 is 1.57 bits per heavy atom. The molecule has 0 bridgehead atoms. The van der Waals surface area contributed by atoms with Gasteiger partial charge in [0.1, 0.15) is 18.5 Å². The average molecular weight is 311 g/mol. The maximum atomic E-state index is 8.97. The molecular weight excluding hydrogens is 292 g/mol. The molecule has 0 aliphatic carbocycles. The number of benzene rings is 2. The Hall–Kier alpha value is -1.59. The Morgan fingerprint density at radius 3 is 2.05 bits per heavy atom. The van der Waals surface area contributed by atoms with Crippen LogP contribution in [0.1, 0.15) is 5.56 Å². The molecule has 1 unspecified atom stereocenters. The highest BCUT2D eigenvalue weighted by Gasteiger charge is 2.02. The van der Waals surface area contributed by atoms with Gasteiger partial charge in [0, 0.05) is 5.02 Å². The van der Waals surface area contributed by atoms with Gasteiger partial charge in [-0.05, 0) is 29.8 Å². The van der Waals surface area contributed by atoms with Gasteiger partial charge in [0.2, 0.25) is 0 Å². The van der Waals surface area contributed by atoms with E-state index >= 15 is 0 Å². The summed E-state index contributed by atoms with van der Waals surface area (Å²) in [6.45, 7) is -0.0768. The lowest BCUT2D eigenvalue weighted by molar-refractivity contribution is 0.0536. The number of hydrogen-bond donors (Lipinski definition) is 3. The zero-order chi connectivity index (χ0) is 15.5. The van der Waals surface area contributed by atoms with E-state index in [-0.39, 0.29) is 19.8 Å². The van der Waals surface area contributed by atoms with E-state index in [2.05, 4.69) is 0 Å². The number of halogens is 1. The number of hydrogen-bond acceptors (Lipinski definition) is 4. The fraction of sp³-hybridized carbons (Fsp3) is 0.250. The molecule has 2 aromatic carbocycles. The van der Waals surface area contributed by atoms with E-state index in [4.69, 9.17) is 31.7 Å². The second kappa shape index (κ2) is 10.2. The molecule has 2 rings (SSSR count). The molecule has 0 spiro atoms. The lowest BCUT2D eigenvalue weighted by Crippen LogP contribution is -2.21. The van der Waals surface area contributed by atoms with Gasteiger partial charge in [0.05, 0.1) is 13.2 Å². The summed E-state index contributed by atoms with van der Waals surface area (Å²) in [6, 6.07) is 16.3. The lowest BCUT2D eigenvalue weighted by atomic mass is 10.2. The average Bonchev–Trinajstić information content (AvgIpc) is 2.55. The number of rotatable bonds is 5. The van der Waals surface area contributed by atoms with Crippen LogP contribution in [-0.4, -0.2) is 34.6 Å². The topological polar surface area (TPSA) is 69.9 Å². The smallest absolute Gasteiger partial charge is 0.119 e. The molecule has 114 valence electrons. The predicted octanol–water partition coefficient (Wildman–Crippen LogP) is 2.25. The highest BCUT2D eigenvalue weighted by Crippen LogP contribution is 2.15. The van der Waals surface area contributed by atoms with Crippen molar-refractivity contribution in [2.75, 3.05) is 13.2 Å². The van der Waals surface area contributed by atoms with Crippen LogP contribution >= 0.6 is 11.6 Å². The highest BCUT2D eigenvalue weighted by atomic mass is 35.5. The van der Waals surface area contributed by atoms with Crippen LogP contribution in [0.25, 0.3) is 0 Å². The van der Waals surface area contributed by atoms with E-state index in [1.807, 2.05) is 30.3 Å². The Labute approximate surface area is 129 Å². The molecule has 0 amide bonds. The first-order valence-corrected chi connectivity index (χ1v) is 6.85. The van der Waals surface area contributed by atoms with Crippen molar-refractivity contribution in [2.24, 2.45) is 0 Å². The molecule has 0 aromatic heterocycles. The zero-order valence-electron chi connectivity index (χ0n) is 11.5. The van der Waals surface area contributed by atoms with Crippen molar-refractivity contribution in [1.29, 1.82) is 0 Å². The van der Waals surface area contributed by atoms with Gasteiger partial charge in [0.15, 0.2) is 0 Å². The largest absolute Gasteiger partial charge is 0.491 e. The van der Waals surface area contributed by atoms with E-state index < -0.39 is 6.10 Å². The molecule has 0 heterocycles. The molecule has 0 saturated heterocycles. The molecule has 0 aliphatic heterocycles. The van der Waals surface area contributed by atoms with Crippen LogP contribution in [0.3, 0.4) is 0 Å². The normalized spacial score (nSPS) is 11.2. The van der Waals surface area contributed by atoms with Gasteiger partial charge in [-0.2, -0.15) is 0 Å². The van der Waals surface area contributed by atoms with Crippen LogP contribution in [0.15, 0.2) is 54.6 Å². The quantitative estimate of drug-likeness (QED) is 0.792.